The van der Waals surface area contributed by atoms with Gasteiger partial charge in [0.15, 0.2) is 0 Å². The molecule has 0 amide bonds. The van der Waals surface area contributed by atoms with Crippen LogP contribution in [0.25, 0.3) is 0 Å². The summed E-state index contributed by atoms with van der Waals surface area (Å²) in [7, 11) is 0. The van der Waals surface area contributed by atoms with Crippen molar-refractivity contribution in [3.63, 3.8) is 0 Å². The average Bonchev–Trinajstić information content (AvgIpc) is 2.23. The molecular weight excluding hydrogens is 245 g/mol. The van der Waals surface area contributed by atoms with E-state index in [2.05, 4.69) is 20.3 Å². The number of rotatable bonds is 2. The Morgan fingerprint density at radius 3 is 2.76 bits per heavy atom. The van der Waals surface area contributed by atoms with E-state index >= 15 is 0 Å². The van der Waals surface area contributed by atoms with Crippen LogP contribution in [0.5, 0.6) is 0 Å². The predicted molar refractivity (Wildman–Crippen MR) is 63.7 cm³/mol. The summed E-state index contributed by atoms with van der Waals surface area (Å²) < 4.78 is 13.3. The summed E-state index contributed by atoms with van der Waals surface area (Å²) in [6.07, 6.45) is 0. The van der Waals surface area contributed by atoms with Gasteiger partial charge in [-0.05, 0) is 30.7 Å². The van der Waals surface area contributed by atoms with E-state index < -0.39 is 0 Å². The Morgan fingerprint density at radius 1 is 1.29 bits per heavy atom. The zero-order valence-electron chi connectivity index (χ0n) is 8.91. The number of hydrogen-bond donors (Lipinski definition) is 2. The second kappa shape index (κ2) is 4.50. The number of aromatic nitrogens is 3. The number of nitrogen functional groups attached to an aromatic ring is 1. The Morgan fingerprint density at radius 2 is 2.06 bits per heavy atom. The quantitative estimate of drug-likeness (QED) is 0.859. The molecule has 0 saturated heterocycles. The normalized spacial score (nSPS) is 10.3. The summed E-state index contributed by atoms with van der Waals surface area (Å²) in [5.74, 6) is -0.138. The molecule has 7 heteroatoms. The van der Waals surface area contributed by atoms with E-state index in [4.69, 9.17) is 17.3 Å². The summed E-state index contributed by atoms with van der Waals surface area (Å²) in [4.78, 5) is 11.3. The lowest BCUT2D eigenvalue weighted by atomic mass is 10.2. The van der Waals surface area contributed by atoms with E-state index in [1.807, 2.05) is 0 Å². The van der Waals surface area contributed by atoms with Crippen LogP contribution in [0.1, 0.15) is 5.56 Å². The van der Waals surface area contributed by atoms with Crippen LogP contribution < -0.4 is 11.1 Å². The van der Waals surface area contributed by atoms with E-state index in [0.717, 1.165) is 0 Å². The van der Waals surface area contributed by atoms with Crippen molar-refractivity contribution in [1.29, 1.82) is 0 Å². The van der Waals surface area contributed by atoms with Gasteiger partial charge in [-0.2, -0.15) is 15.0 Å². The lowest BCUT2D eigenvalue weighted by Crippen LogP contribution is -2.04. The summed E-state index contributed by atoms with van der Waals surface area (Å²) in [6, 6.07) is 4.65. The Balaban J connectivity index is 2.34. The van der Waals surface area contributed by atoms with E-state index in [0.29, 0.717) is 11.3 Å². The Labute approximate surface area is 102 Å². The van der Waals surface area contributed by atoms with Crippen molar-refractivity contribution in [3.05, 3.63) is 34.9 Å². The summed E-state index contributed by atoms with van der Waals surface area (Å²) in [5.41, 5.74) is 6.43. The van der Waals surface area contributed by atoms with E-state index in [-0.39, 0.29) is 23.0 Å². The number of nitrogens with zero attached hydrogens (tertiary/aromatic N) is 3. The molecule has 88 valence electrons. The van der Waals surface area contributed by atoms with Crippen molar-refractivity contribution in [1.82, 2.24) is 15.0 Å². The van der Waals surface area contributed by atoms with Gasteiger partial charge in [0.2, 0.25) is 17.2 Å². The molecular formula is C10H9ClFN5. The van der Waals surface area contributed by atoms with E-state index in [1.165, 1.54) is 6.07 Å². The highest BCUT2D eigenvalue weighted by atomic mass is 35.5. The first-order chi connectivity index (χ1) is 8.06. The van der Waals surface area contributed by atoms with Crippen molar-refractivity contribution >= 4 is 29.2 Å². The number of nitrogens with one attached hydrogen (secondary N) is 1. The Kier molecular flexibility index (Phi) is 3.06. The Hall–Kier alpha value is -1.95. The zero-order valence-corrected chi connectivity index (χ0v) is 9.66. The Bertz CT molecular complexity index is 540. The maximum Gasteiger partial charge on any atom is 0.233 e. The first kappa shape index (κ1) is 11.5. The minimum atomic E-state index is -0.317. The van der Waals surface area contributed by atoms with Gasteiger partial charge in [-0.25, -0.2) is 4.39 Å². The minimum absolute atomic E-state index is 0.00144. The molecule has 2 rings (SSSR count). The molecule has 1 heterocycles. The van der Waals surface area contributed by atoms with Crippen LogP contribution in [-0.4, -0.2) is 15.0 Å². The summed E-state index contributed by atoms with van der Waals surface area (Å²) in [6.45, 7) is 1.64. The topological polar surface area (TPSA) is 76.7 Å². The molecule has 1 aromatic carbocycles. The number of hydrogen-bond acceptors (Lipinski definition) is 5. The van der Waals surface area contributed by atoms with Crippen LogP contribution in [0.2, 0.25) is 5.28 Å². The minimum Gasteiger partial charge on any atom is -0.368 e. The summed E-state index contributed by atoms with van der Waals surface area (Å²) >= 11 is 5.63. The molecule has 1 aromatic heterocycles. The molecule has 0 unspecified atom stereocenters. The van der Waals surface area contributed by atoms with Gasteiger partial charge in [0.1, 0.15) is 5.82 Å². The molecule has 0 fully saturated rings. The monoisotopic (exact) mass is 253 g/mol. The molecule has 0 aliphatic heterocycles. The third kappa shape index (κ3) is 2.59. The van der Waals surface area contributed by atoms with Crippen LogP contribution in [0, 0.1) is 12.7 Å². The van der Waals surface area contributed by atoms with Gasteiger partial charge in [0.25, 0.3) is 0 Å². The highest BCUT2D eigenvalue weighted by Gasteiger charge is 2.07. The fourth-order valence-corrected chi connectivity index (χ4v) is 1.45. The predicted octanol–water partition coefficient (Wildman–Crippen LogP) is 2.30. The van der Waals surface area contributed by atoms with E-state index in [9.17, 15) is 4.39 Å². The molecule has 0 atom stereocenters. The highest BCUT2D eigenvalue weighted by Crippen LogP contribution is 2.21. The first-order valence-corrected chi connectivity index (χ1v) is 5.13. The molecule has 17 heavy (non-hydrogen) atoms. The van der Waals surface area contributed by atoms with Gasteiger partial charge in [0, 0.05) is 11.3 Å². The standard InChI is InChI=1S/C10H9ClFN5/c1-5-6(12)3-2-4-7(5)14-10-16-8(11)15-9(13)17-10/h2-4H,1H3,(H3,13,14,15,16,17). The molecule has 0 aliphatic carbocycles. The lowest BCUT2D eigenvalue weighted by molar-refractivity contribution is 0.619. The van der Waals surface area contributed by atoms with Crippen molar-refractivity contribution < 1.29 is 4.39 Å². The first-order valence-electron chi connectivity index (χ1n) is 4.75. The van der Waals surface area contributed by atoms with E-state index in [1.54, 1.807) is 19.1 Å². The third-order valence-corrected chi connectivity index (χ3v) is 2.31. The maximum absolute atomic E-state index is 13.3. The van der Waals surface area contributed by atoms with Crippen molar-refractivity contribution in [3.8, 4) is 0 Å². The second-order valence-corrected chi connectivity index (χ2v) is 3.66. The van der Waals surface area contributed by atoms with Gasteiger partial charge in [-0.3, -0.25) is 0 Å². The van der Waals surface area contributed by atoms with Crippen molar-refractivity contribution in [2.45, 2.75) is 6.92 Å². The maximum atomic E-state index is 13.3. The van der Waals surface area contributed by atoms with Gasteiger partial charge in [-0.15, -0.1) is 0 Å². The molecule has 0 spiro atoms. The number of halogens is 2. The average molecular weight is 254 g/mol. The van der Waals surface area contributed by atoms with Crippen LogP contribution in [0.15, 0.2) is 18.2 Å². The highest BCUT2D eigenvalue weighted by molar-refractivity contribution is 6.28. The zero-order chi connectivity index (χ0) is 12.4. The summed E-state index contributed by atoms with van der Waals surface area (Å²) in [5, 5.41) is 2.81. The fourth-order valence-electron chi connectivity index (χ4n) is 1.28. The van der Waals surface area contributed by atoms with Gasteiger partial charge >= 0.3 is 0 Å². The van der Waals surface area contributed by atoms with Gasteiger partial charge in [-0.1, -0.05) is 6.07 Å². The second-order valence-electron chi connectivity index (χ2n) is 3.32. The number of nitrogens with two attached hydrogens (primary N) is 1. The third-order valence-electron chi connectivity index (χ3n) is 2.14. The van der Waals surface area contributed by atoms with Crippen molar-refractivity contribution in [2.75, 3.05) is 11.1 Å². The van der Waals surface area contributed by atoms with Crippen LogP contribution >= 0.6 is 11.6 Å². The lowest BCUT2D eigenvalue weighted by Gasteiger charge is -2.08. The SMILES string of the molecule is Cc1c(F)cccc1Nc1nc(N)nc(Cl)n1. The number of benzene rings is 1. The molecule has 3 N–H and O–H groups in total. The molecule has 0 bridgehead atoms. The molecule has 2 aromatic rings. The largest absolute Gasteiger partial charge is 0.368 e. The van der Waals surface area contributed by atoms with Crippen LogP contribution in [0.3, 0.4) is 0 Å². The van der Waals surface area contributed by atoms with Crippen LogP contribution in [-0.2, 0) is 0 Å². The van der Waals surface area contributed by atoms with Crippen molar-refractivity contribution in [2.24, 2.45) is 0 Å². The van der Waals surface area contributed by atoms with Gasteiger partial charge < -0.3 is 11.1 Å². The smallest absolute Gasteiger partial charge is 0.233 e. The molecule has 0 aliphatic rings. The number of anilines is 3. The molecule has 0 radical (unpaired) electrons. The fraction of sp³-hybridized carbons (Fsp3) is 0.100. The van der Waals surface area contributed by atoms with Crippen LogP contribution in [0.4, 0.5) is 22.0 Å². The molecule has 5 nitrogen and oxygen atoms in total. The molecule has 0 saturated carbocycles. The van der Waals surface area contributed by atoms with Gasteiger partial charge in [0.05, 0.1) is 0 Å².